The maximum Gasteiger partial charge on any atom is 0.0703 e. The quantitative estimate of drug-likeness (QED) is 0.454. The lowest BCUT2D eigenvalue weighted by Crippen LogP contribution is -1.82. The molecule has 48 valence electrons. The first-order chi connectivity index (χ1) is 4.29. The minimum Gasteiger partial charge on any atom is -0.114 e. The van der Waals surface area contributed by atoms with Gasteiger partial charge in [-0.05, 0) is 6.92 Å². The molecular formula is C8H9Cl. The molecule has 0 aliphatic heterocycles. The van der Waals surface area contributed by atoms with Crippen molar-refractivity contribution in [1.29, 1.82) is 0 Å². The Kier molecular flexibility index (Phi) is 2.12. The molecule has 0 aromatic rings. The van der Waals surface area contributed by atoms with E-state index in [1.54, 1.807) is 0 Å². The molecule has 1 rings (SSSR count). The molecule has 0 saturated carbocycles. The van der Waals surface area contributed by atoms with Crippen LogP contribution in [-0.4, -0.2) is 5.38 Å². The number of rotatable bonds is 0. The van der Waals surface area contributed by atoms with Crippen molar-refractivity contribution >= 4 is 11.6 Å². The lowest BCUT2D eigenvalue weighted by atomic mass is 10.3. The van der Waals surface area contributed by atoms with Crippen LogP contribution in [0, 0.1) is 0 Å². The maximum atomic E-state index is 5.78. The second-order valence-corrected chi connectivity index (χ2v) is 2.60. The van der Waals surface area contributed by atoms with Crippen molar-refractivity contribution in [2.45, 2.75) is 12.3 Å². The topological polar surface area (TPSA) is 0 Å². The van der Waals surface area contributed by atoms with Crippen LogP contribution < -0.4 is 0 Å². The predicted octanol–water partition coefficient (Wildman–Crippen LogP) is 2.67. The number of halogens is 1. The molecule has 0 radical (unpaired) electrons. The van der Waals surface area contributed by atoms with Gasteiger partial charge in [-0.15, -0.1) is 11.6 Å². The number of alkyl halides is 1. The maximum absolute atomic E-state index is 5.78. The van der Waals surface area contributed by atoms with Gasteiger partial charge in [-0.2, -0.15) is 0 Å². The van der Waals surface area contributed by atoms with E-state index in [9.17, 15) is 0 Å². The summed E-state index contributed by atoms with van der Waals surface area (Å²) >= 11 is 5.78. The summed E-state index contributed by atoms with van der Waals surface area (Å²) in [6, 6.07) is 0. The van der Waals surface area contributed by atoms with E-state index in [1.807, 2.05) is 30.4 Å². The van der Waals surface area contributed by atoms with Gasteiger partial charge in [0.2, 0.25) is 0 Å². The summed E-state index contributed by atoms with van der Waals surface area (Å²) in [5.41, 5.74) is 1.24. The summed E-state index contributed by atoms with van der Waals surface area (Å²) in [5.74, 6) is 0. The molecule has 1 atom stereocenters. The first-order valence-corrected chi connectivity index (χ1v) is 3.40. The van der Waals surface area contributed by atoms with Crippen LogP contribution >= 0.6 is 11.6 Å². The van der Waals surface area contributed by atoms with Crippen LogP contribution in [0.15, 0.2) is 36.0 Å². The summed E-state index contributed by atoms with van der Waals surface area (Å²) in [6.07, 6.45) is 9.97. The highest BCUT2D eigenvalue weighted by molar-refractivity contribution is 6.23. The number of hydrogen-bond donors (Lipinski definition) is 0. The molecule has 0 nitrogen and oxygen atoms in total. The lowest BCUT2D eigenvalue weighted by molar-refractivity contribution is 1.40. The third-order valence-electron chi connectivity index (χ3n) is 1.20. The Balaban J connectivity index is 2.75. The van der Waals surface area contributed by atoms with E-state index in [1.165, 1.54) is 5.57 Å². The second-order valence-electron chi connectivity index (χ2n) is 2.10. The van der Waals surface area contributed by atoms with E-state index >= 15 is 0 Å². The van der Waals surface area contributed by atoms with E-state index in [-0.39, 0.29) is 5.38 Å². The van der Waals surface area contributed by atoms with Gasteiger partial charge in [0.1, 0.15) is 0 Å². The average molecular weight is 141 g/mol. The summed E-state index contributed by atoms with van der Waals surface area (Å²) in [6.45, 7) is 2.05. The zero-order valence-electron chi connectivity index (χ0n) is 5.34. The van der Waals surface area contributed by atoms with E-state index in [0.29, 0.717) is 0 Å². The van der Waals surface area contributed by atoms with Crippen molar-refractivity contribution in [3.63, 3.8) is 0 Å². The van der Waals surface area contributed by atoms with Crippen LogP contribution in [0.3, 0.4) is 0 Å². The Labute approximate surface area is 60.5 Å². The molecule has 1 unspecified atom stereocenters. The summed E-state index contributed by atoms with van der Waals surface area (Å²) in [7, 11) is 0. The van der Waals surface area contributed by atoms with Gasteiger partial charge in [-0.3, -0.25) is 0 Å². The molecule has 0 aromatic heterocycles. The van der Waals surface area contributed by atoms with Crippen LogP contribution in [0.1, 0.15) is 6.92 Å². The Morgan fingerprint density at radius 2 is 2.22 bits per heavy atom. The van der Waals surface area contributed by atoms with Crippen LogP contribution in [0.5, 0.6) is 0 Å². The highest BCUT2D eigenvalue weighted by Crippen LogP contribution is 2.07. The fourth-order valence-electron chi connectivity index (χ4n) is 0.677. The van der Waals surface area contributed by atoms with Crippen molar-refractivity contribution in [3.8, 4) is 0 Å². The van der Waals surface area contributed by atoms with Gasteiger partial charge >= 0.3 is 0 Å². The van der Waals surface area contributed by atoms with Crippen molar-refractivity contribution in [3.05, 3.63) is 36.0 Å². The molecule has 0 heterocycles. The van der Waals surface area contributed by atoms with Crippen LogP contribution in [0.4, 0.5) is 0 Å². The van der Waals surface area contributed by atoms with Gasteiger partial charge in [0.15, 0.2) is 0 Å². The Morgan fingerprint density at radius 1 is 1.44 bits per heavy atom. The van der Waals surface area contributed by atoms with Gasteiger partial charge in [0.05, 0.1) is 5.38 Å². The van der Waals surface area contributed by atoms with Gasteiger partial charge in [-0.1, -0.05) is 36.0 Å². The fourth-order valence-corrected chi connectivity index (χ4v) is 0.834. The molecule has 0 fully saturated rings. The Bertz CT molecular complexity index is 175. The smallest absolute Gasteiger partial charge is 0.0703 e. The highest BCUT2D eigenvalue weighted by atomic mass is 35.5. The number of allylic oxidation sites excluding steroid dienone is 6. The van der Waals surface area contributed by atoms with Crippen molar-refractivity contribution in [2.24, 2.45) is 0 Å². The fraction of sp³-hybridized carbons (Fsp3) is 0.250. The minimum atomic E-state index is 0.0682. The second kappa shape index (κ2) is 2.88. The normalized spacial score (nSPS) is 25.6. The van der Waals surface area contributed by atoms with Crippen molar-refractivity contribution in [1.82, 2.24) is 0 Å². The van der Waals surface area contributed by atoms with Crippen LogP contribution in [-0.2, 0) is 0 Å². The zero-order valence-corrected chi connectivity index (χ0v) is 6.10. The third kappa shape index (κ3) is 2.06. The van der Waals surface area contributed by atoms with E-state index in [0.717, 1.165) is 0 Å². The number of hydrogen-bond acceptors (Lipinski definition) is 0. The van der Waals surface area contributed by atoms with Crippen LogP contribution in [0.2, 0.25) is 0 Å². The van der Waals surface area contributed by atoms with E-state index in [4.69, 9.17) is 11.6 Å². The van der Waals surface area contributed by atoms with E-state index in [2.05, 4.69) is 6.92 Å². The molecule has 9 heavy (non-hydrogen) atoms. The van der Waals surface area contributed by atoms with E-state index < -0.39 is 0 Å². The molecule has 0 saturated heterocycles. The van der Waals surface area contributed by atoms with Gasteiger partial charge in [0, 0.05) is 0 Å². The summed E-state index contributed by atoms with van der Waals surface area (Å²) < 4.78 is 0. The Morgan fingerprint density at radius 3 is 3.00 bits per heavy atom. The lowest BCUT2D eigenvalue weighted by Gasteiger charge is -1.88. The van der Waals surface area contributed by atoms with Crippen molar-refractivity contribution in [2.75, 3.05) is 0 Å². The third-order valence-corrected chi connectivity index (χ3v) is 1.49. The molecule has 0 aromatic carbocycles. The molecular weight excluding hydrogens is 132 g/mol. The Hall–Kier alpha value is -0.490. The largest absolute Gasteiger partial charge is 0.114 e. The standard InChI is InChI=1S/C8H9Cl/c1-7-3-2-4-8(9)6-5-7/h2-6,8H,1H3. The van der Waals surface area contributed by atoms with Crippen LogP contribution in [0.25, 0.3) is 0 Å². The van der Waals surface area contributed by atoms with Gasteiger partial charge < -0.3 is 0 Å². The molecule has 0 amide bonds. The molecule has 0 spiro atoms. The first-order valence-electron chi connectivity index (χ1n) is 2.96. The SMILES string of the molecule is CC1=CC=CC(Cl)C=C1. The monoisotopic (exact) mass is 140 g/mol. The zero-order chi connectivity index (χ0) is 6.69. The van der Waals surface area contributed by atoms with Gasteiger partial charge in [-0.25, -0.2) is 0 Å². The molecule has 1 heteroatoms. The highest BCUT2D eigenvalue weighted by Gasteiger charge is 1.93. The van der Waals surface area contributed by atoms with Gasteiger partial charge in [0.25, 0.3) is 0 Å². The minimum absolute atomic E-state index is 0.0682. The predicted molar refractivity (Wildman–Crippen MR) is 41.7 cm³/mol. The summed E-state index contributed by atoms with van der Waals surface area (Å²) in [5, 5.41) is 0.0682. The van der Waals surface area contributed by atoms with Crippen molar-refractivity contribution < 1.29 is 0 Å². The average Bonchev–Trinajstić information content (AvgIpc) is 1.97. The summed E-state index contributed by atoms with van der Waals surface area (Å²) in [4.78, 5) is 0. The first kappa shape index (κ1) is 6.63. The molecule has 0 N–H and O–H groups in total. The molecule has 1 aliphatic rings. The molecule has 0 bridgehead atoms. The molecule has 1 aliphatic carbocycles.